The van der Waals surface area contributed by atoms with Crippen molar-refractivity contribution >= 4 is 41.5 Å². The quantitative estimate of drug-likeness (QED) is 0.272. The molecule has 1 amide bonds. The van der Waals surface area contributed by atoms with Gasteiger partial charge in [0.15, 0.2) is 5.96 Å². The van der Waals surface area contributed by atoms with Gasteiger partial charge in [-0.1, -0.05) is 36.4 Å². The summed E-state index contributed by atoms with van der Waals surface area (Å²) < 4.78 is 5.70. The lowest BCUT2D eigenvalue weighted by atomic mass is 10.1. The number of amides is 1. The summed E-state index contributed by atoms with van der Waals surface area (Å²) in [5, 5.41) is 6.69. The number of halogens is 1. The number of benzene rings is 2. The molecule has 0 aliphatic carbocycles. The number of hydrogen-bond donors (Lipinski definition) is 2. The molecule has 3 rings (SSSR count). The van der Waals surface area contributed by atoms with Crippen molar-refractivity contribution in [1.82, 2.24) is 10.6 Å². The number of hydrogen-bond acceptors (Lipinski definition) is 3. The standard InChI is InChI=1S/C25H34N4O2.HI/c1-4-26-25(28-17-21-7-5-8-22(15-21)18-31-19(2)3)27-16-20-10-12-23(13-11-20)29-14-6-9-24(29)30;/h5,7-8,10-13,15,19H,4,6,9,14,16-18H2,1-3H3,(H2,26,27,28);1H. The largest absolute Gasteiger partial charge is 0.374 e. The maximum atomic E-state index is 11.9. The van der Waals surface area contributed by atoms with Crippen molar-refractivity contribution in [3.63, 3.8) is 0 Å². The minimum atomic E-state index is 0. The van der Waals surface area contributed by atoms with Gasteiger partial charge in [-0.3, -0.25) is 4.79 Å². The third-order valence-corrected chi connectivity index (χ3v) is 5.12. The molecule has 6 nitrogen and oxygen atoms in total. The molecule has 0 saturated carbocycles. The second kappa shape index (κ2) is 13.4. The Morgan fingerprint density at radius 2 is 1.84 bits per heavy atom. The van der Waals surface area contributed by atoms with E-state index in [-0.39, 0.29) is 36.0 Å². The molecule has 0 unspecified atom stereocenters. The minimum absolute atomic E-state index is 0. The van der Waals surface area contributed by atoms with Crippen LogP contribution < -0.4 is 15.5 Å². The first-order valence-corrected chi connectivity index (χ1v) is 11.2. The van der Waals surface area contributed by atoms with E-state index in [1.165, 1.54) is 0 Å². The normalized spacial score (nSPS) is 13.9. The van der Waals surface area contributed by atoms with Crippen LogP contribution in [0.5, 0.6) is 0 Å². The molecule has 2 N–H and O–H groups in total. The van der Waals surface area contributed by atoms with Gasteiger partial charge in [0.05, 0.1) is 19.3 Å². The van der Waals surface area contributed by atoms with Crippen LogP contribution in [0.1, 0.15) is 50.3 Å². The van der Waals surface area contributed by atoms with Crippen LogP contribution in [0.25, 0.3) is 0 Å². The summed E-state index contributed by atoms with van der Waals surface area (Å²) >= 11 is 0. The van der Waals surface area contributed by atoms with Crippen molar-refractivity contribution in [3.05, 3.63) is 65.2 Å². The molecule has 2 aromatic rings. The van der Waals surface area contributed by atoms with Gasteiger partial charge in [0, 0.05) is 31.7 Å². The van der Waals surface area contributed by atoms with Crippen molar-refractivity contribution in [3.8, 4) is 0 Å². The van der Waals surface area contributed by atoms with Gasteiger partial charge in [0.25, 0.3) is 0 Å². The fraction of sp³-hybridized carbons (Fsp3) is 0.440. The average Bonchev–Trinajstić information content (AvgIpc) is 3.21. The number of carbonyl (C=O) groups is 1. The number of ether oxygens (including phenoxy) is 1. The lowest BCUT2D eigenvalue weighted by Crippen LogP contribution is -2.36. The van der Waals surface area contributed by atoms with E-state index in [9.17, 15) is 4.79 Å². The van der Waals surface area contributed by atoms with E-state index in [2.05, 4.69) is 54.0 Å². The highest BCUT2D eigenvalue weighted by molar-refractivity contribution is 14.0. The Kier molecular flexibility index (Phi) is 11.0. The van der Waals surface area contributed by atoms with Gasteiger partial charge in [-0.2, -0.15) is 0 Å². The number of nitrogens with one attached hydrogen (secondary N) is 2. The van der Waals surface area contributed by atoms with Crippen molar-refractivity contribution in [1.29, 1.82) is 0 Å². The second-order valence-corrected chi connectivity index (χ2v) is 8.04. The predicted molar refractivity (Wildman–Crippen MR) is 141 cm³/mol. The molecule has 2 aromatic carbocycles. The van der Waals surface area contributed by atoms with Crippen LogP contribution in [0.15, 0.2) is 53.5 Å². The maximum absolute atomic E-state index is 11.9. The predicted octanol–water partition coefficient (Wildman–Crippen LogP) is 4.61. The molecule has 1 aliphatic heterocycles. The Hall–Kier alpha value is -2.13. The molecular formula is C25H35IN4O2. The number of nitrogens with zero attached hydrogens (tertiary/aromatic N) is 2. The zero-order chi connectivity index (χ0) is 22.1. The molecule has 0 radical (unpaired) electrons. The summed E-state index contributed by atoms with van der Waals surface area (Å²) in [4.78, 5) is 18.5. The highest BCUT2D eigenvalue weighted by Crippen LogP contribution is 2.21. The van der Waals surface area contributed by atoms with Crippen molar-refractivity contribution in [2.75, 3.05) is 18.0 Å². The smallest absolute Gasteiger partial charge is 0.227 e. The topological polar surface area (TPSA) is 66.0 Å². The van der Waals surface area contributed by atoms with Crippen LogP contribution in [0, 0.1) is 0 Å². The first kappa shape index (κ1) is 26.1. The molecule has 0 spiro atoms. The number of anilines is 1. The number of aliphatic imine (C=N–C) groups is 1. The maximum Gasteiger partial charge on any atom is 0.227 e. The summed E-state index contributed by atoms with van der Waals surface area (Å²) in [5.41, 5.74) is 4.44. The van der Waals surface area contributed by atoms with Gasteiger partial charge in [0.2, 0.25) is 5.91 Å². The monoisotopic (exact) mass is 550 g/mol. The van der Waals surface area contributed by atoms with E-state index in [4.69, 9.17) is 9.73 Å². The van der Waals surface area contributed by atoms with Crippen molar-refractivity contribution < 1.29 is 9.53 Å². The fourth-order valence-corrected chi connectivity index (χ4v) is 3.49. The highest BCUT2D eigenvalue weighted by Gasteiger charge is 2.21. The van der Waals surface area contributed by atoms with Crippen LogP contribution in [0.3, 0.4) is 0 Å². The molecule has 174 valence electrons. The first-order valence-electron chi connectivity index (χ1n) is 11.2. The third-order valence-electron chi connectivity index (χ3n) is 5.12. The number of rotatable bonds is 9. The van der Waals surface area contributed by atoms with E-state index in [0.717, 1.165) is 47.8 Å². The van der Waals surface area contributed by atoms with E-state index < -0.39 is 0 Å². The number of carbonyl (C=O) groups excluding carboxylic acids is 1. The molecule has 1 heterocycles. The SMILES string of the molecule is CCNC(=NCc1cccc(COC(C)C)c1)NCc1ccc(N2CCCC2=O)cc1.I. The van der Waals surface area contributed by atoms with Crippen molar-refractivity contribution in [2.45, 2.75) is 59.4 Å². The number of guanidine groups is 1. The molecule has 0 bridgehead atoms. The van der Waals surface area contributed by atoms with Crippen LogP contribution in [-0.4, -0.2) is 31.1 Å². The summed E-state index contributed by atoms with van der Waals surface area (Å²) in [7, 11) is 0. The molecule has 1 fully saturated rings. The van der Waals surface area contributed by atoms with E-state index in [1.54, 1.807) is 0 Å². The Labute approximate surface area is 208 Å². The summed E-state index contributed by atoms with van der Waals surface area (Å²) in [6.45, 7) is 9.64. The molecular weight excluding hydrogens is 515 g/mol. The zero-order valence-corrected chi connectivity index (χ0v) is 21.6. The molecule has 1 aliphatic rings. The van der Waals surface area contributed by atoms with Gasteiger partial charge in [-0.25, -0.2) is 4.99 Å². The average molecular weight is 550 g/mol. The highest BCUT2D eigenvalue weighted by atomic mass is 127. The molecule has 7 heteroatoms. The van der Waals surface area contributed by atoms with Crippen LogP contribution >= 0.6 is 24.0 Å². The summed E-state index contributed by atoms with van der Waals surface area (Å²) in [6, 6.07) is 16.5. The molecule has 1 saturated heterocycles. The van der Waals surface area contributed by atoms with Crippen LogP contribution in [-0.2, 0) is 29.2 Å². The van der Waals surface area contributed by atoms with E-state index >= 15 is 0 Å². The first-order chi connectivity index (χ1) is 15.0. The van der Waals surface area contributed by atoms with Crippen LogP contribution in [0.2, 0.25) is 0 Å². The van der Waals surface area contributed by atoms with E-state index in [1.807, 2.05) is 30.9 Å². The summed E-state index contributed by atoms with van der Waals surface area (Å²) in [5.74, 6) is 0.998. The lowest BCUT2D eigenvalue weighted by molar-refractivity contribution is -0.117. The van der Waals surface area contributed by atoms with Gasteiger partial charge >= 0.3 is 0 Å². The Morgan fingerprint density at radius 1 is 1.09 bits per heavy atom. The molecule has 32 heavy (non-hydrogen) atoms. The minimum Gasteiger partial charge on any atom is -0.374 e. The summed E-state index contributed by atoms with van der Waals surface area (Å²) in [6.07, 6.45) is 1.81. The van der Waals surface area contributed by atoms with Gasteiger partial charge in [-0.05, 0) is 56.0 Å². The van der Waals surface area contributed by atoms with E-state index in [0.29, 0.717) is 26.1 Å². The van der Waals surface area contributed by atoms with Gasteiger partial charge in [-0.15, -0.1) is 24.0 Å². The zero-order valence-electron chi connectivity index (χ0n) is 19.3. The van der Waals surface area contributed by atoms with Gasteiger partial charge < -0.3 is 20.3 Å². The van der Waals surface area contributed by atoms with Gasteiger partial charge in [0.1, 0.15) is 0 Å². The Bertz CT molecular complexity index is 884. The third kappa shape index (κ3) is 8.09. The van der Waals surface area contributed by atoms with Crippen LogP contribution in [0.4, 0.5) is 5.69 Å². The Morgan fingerprint density at radius 3 is 2.50 bits per heavy atom. The molecule has 0 atom stereocenters. The van der Waals surface area contributed by atoms with Crippen molar-refractivity contribution in [2.24, 2.45) is 4.99 Å². The lowest BCUT2D eigenvalue weighted by Gasteiger charge is -2.16. The Balaban J connectivity index is 0.00000363. The second-order valence-electron chi connectivity index (χ2n) is 8.04. The fourth-order valence-electron chi connectivity index (χ4n) is 3.49. The molecule has 0 aromatic heterocycles.